The van der Waals surface area contributed by atoms with E-state index in [-0.39, 0.29) is 37.4 Å². The Morgan fingerprint density at radius 3 is 2.86 bits per heavy atom. The summed E-state index contributed by atoms with van der Waals surface area (Å²) >= 11 is 0. The van der Waals surface area contributed by atoms with Gasteiger partial charge in [-0.05, 0) is 37.1 Å². The summed E-state index contributed by atoms with van der Waals surface area (Å²) in [5.41, 5.74) is 1.30. The molecule has 29 heavy (non-hydrogen) atoms. The van der Waals surface area contributed by atoms with Crippen molar-refractivity contribution in [2.45, 2.75) is 38.7 Å². The van der Waals surface area contributed by atoms with E-state index in [1.165, 1.54) is 4.57 Å². The molecule has 0 saturated carbocycles. The molecule has 0 aromatic carbocycles. The third-order valence-electron chi connectivity index (χ3n) is 5.57. The Labute approximate surface area is 167 Å². The van der Waals surface area contributed by atoms with Crippen LogP contribution >= 0.6 is 0 Å². The second kappa shape index (κ2) is 6.91. The summed E-state index contributed by atoms with van der Waals surface area (Å²) in [7, 11) is 0. The largest absolute Gasteiger partial charge is 0.458 e. The Bertz CT molecular complexity index is 1090. The molecule has 2 aromatic rings. The van der Waals surface area contributed by atoms with Crippen LogP contribution in [0.25, 0.3) is 17.5 Å². The van der Waals surface area contributed by atoms with E-state index in [0.717, 1.165) is 5.56 Å². The molecule has 1 unspecified atom stereocenters. The molecule has 2 aliphatic rings. The van der Waals surface area contributed by atoms with Gasteiger partial charge in [0.1, 0.15) is 6.61 Å². The van der Waals surface area contributed by atoms with Gasteiger partial charge in [-0.1, -0.05) is 13.5 Å². The van der Waals surface area contributed by atoms with Crippen LogP contribution in [0, 0.1) is 6.92 Å². The SMILES string of the molecule is C=Cc1nc2c(cc1C)C(OCCO)n1c-2cc2c(c1=O)COC(=O)[C@]2(O)CC. The van der Waals surface area contributed by atoms with E-state index in [0.29, 0.717) is 22.6 Å². The van der Waals surface area contributed by atoms with Crippen molar-refractivity contribution < 1.29 is 24.5 Å². The molecular formula is C21H22N2O6. The van der Waals surface area contributed by atoms with Gasteiger partial charge < -0.3 is 19.7 Å². The molecule has 2 aromatic heterocycles. The standard InChI is InChI=1S/C21H22N2O6/c1-4-15-11(3)8-12-17(22-15)16-9-14-13(10-29-20(26)21(14,27)5-2)18(25)23(16)19(12)28-7-6-24/h4,8-9,19,24,27H,1,5-7,10H2,2-3H3/t19?,21-/m0/s1. The smallest absolute Gasteiger partial charge is 0.343 e. The van der Waals surface area contributed by atoms with E-state index in [4.69, 9.17) is 9.47 Å². The average Bonchev–Trinajstić information content (AvgIpc) is 3.01. The third-order valence-corrected chi connectivity index (χ3v) is 5.57. The lowest BCUT2D eigenvalue weighted by atomic mass is 9.86. The Morgan fingerprint density at radius 2 is 2.21 bits per heavy atom. The number of hydrogen-bond acceptors (Lipinski definition) is 7. The van der Waals surface area contributed by atoms with E-state index in [1.807, 2.05) is 13.0 Å². The predicted octanol–water partition coefficient (Wildman–Crippen LogP) is 1.39. The fourth-order valence-corrected chi connectivity index (χ4v) is 4.01. The first kappa shape index (κ1) is 19.5. The number of cyclic esters (lactones) is 1. The topological polar surface area (TPSA) is 111 Å². The summed E-state index contributed by atoms with van der Waals surface area (Å²) < 4.78 is 12.3. The Kier molecular flexibility index (Phi) is 4.65. The van der Waals surface area contributed by atoms with E-state index in [1.54, 1.807) is 19.1 Å². The highest BCUT2D eigenvalue weighted by Gasteiger charge is 2.46. The number of aliphatic hydroxyl groups is 2. The van der Waals surface area contributed by atoms with E-state index in [2.05, 4.69) is 11.6 Å². The summed E-state index contributed by atoms with van der Waals surface area (Å²) in [6.45, 7) is 6.92. The molecule has 2 atom stereocenters. The summed E-state index contributed by atoms with van der Waals surface area (Å²) in [4.78, 5) is 30.3. The van der Waals surface area contributed by atoms with Crippen LogP contribution in [0.4, 0.5) is 0 Å². The lowest BCUT2D eigenvalue weighted by Gasteiger charge is -2.32. The molecule has 0 amide bonds. The van der Waals surface area contributed by atoms with Gasteiger partial charge >= 0.3 is 5.97 Å². The molecule has 2 N–H and O–H groups in total. The molecule has 0 aliphatic carbocycles. The first-order valence-corrected chi connectivity index (χ1v) is 9.42. The van der Waals surface area contributed by atoms with Gasteiger partial charge in [-0.25, -0.2) is 9.78 Å². The predicted molar refractivity (Wildman–Crippen MR) is 104 cm³/mol. The van der Waals surface area contributed by atoms with Crippen molar-refractivity contribution in [1.82, 2.24) is 9.55 Å². The molecule has 4 rings (SSSR count). The first-order valence-electron chi connectivity index (χ1n) is 9.42. The number of nitrogens with zero attached hydrogens (tertiary/aromatic N) is 2. The van der Waals surface area contributed by atoms with Gasteiger partial charge in [-0.2, -0.15) is 0 Å². The van der Waals surface area contributed by atoms with E-state index >= 15 is 0 Å². The number of pyridine rings is 2. The second-order valence-corrected chi connectivity index (χ2v) is 7.17. The Balaban J connectivity index is 2.03. The Morgan fingerprint density at radius 1 is 1.45 bits per heavy atom. The third kappa shape index (κ3) is 2.67. The van der Waals surface area contributed by atoms with Crippen LogP contribution in [0.1, 0.15) is 47.5 Å². The first-order chi connectivity index (χ1) is 13.9. The number of rotatable bonds is 5. The zero-order chi connectivity index (χ0) is 20.9. The van der Waals surface area contributed by atoms with Crippen molar-refractivity contribution in [3.05, 3.63) is 57.0 Å². The molecule has 8 nitrogen and oxygen atoms in total. The zero-order valence-corrected chi connectivity index (χ0v) is 16.3. The number of hydrogen-bond donors (Lipinski definition) is 2. The van der Waals surface area contributed by atoms with Crippen molar-refractivity contribution in [2.24, 2.45) is 0 Å². The van der Waals surface area contributed by atoms with Crippen LogP contribution in [0.5, 0.6) is 0 Å². The van der Waals surface area contributed by atoms with Crippen molar-refractivity contribution in [2.75, 3.05) is 13.2 Å². The minimum Gasteiger partial charge on any atom is -0.458 e. The molecule has 8 heteroatoms. The molecule has 0 fully saturated rings. The second-order valence-electron chi connectivity index (χ2n) is 7.17. The van der Waals surface area contributed by atoms with Crippen LogP contribution in [-0.4, -0.2) is 38.9 Å². The lowest BCUT2D eigenvalue weighted by Crippen LogP contribution is -2.44. The number of aromatic nitrogens is 2. The van der Waals surface area contributed by atoms with Crippen molar-refractivity contribution >= 4 is 12.0 Å². The van der Waals surface area contributed by atoms with Crippen LogP contribution in [0.2, 0.25) is 0 Å². The number of esters is 1. The minimum absolute atomic E-state index is 0.0310. The zero-order valence-electron chi connectivity index (χ0n) is 16.3. The molecular weight excluding hydrogens is 376 g/mol. The maximum atomic E-state index is 13.4. The van der Waals surface area contributed by atoms with E-state index < -0.39 is 23.4 Å². The maximum absolute atomic E-state index is 13.4. The maximum Gasteiger partial charge on any atom is 0.343 e. The summed E-state index contributed by atoms with van der Waals surface area (Å²) in [5, 5.41) is 20.2. The molecule has 0 bridgehead atoms. The highest BCUT2D eigenvalue weighted by Crippen LogP contribution is 2.42. The molecule has 0 saturated heterocycles. The lowest BCUT2D eigenvalue weighted by molar-refractivity contribution is -0.172. The van der Waals surface area contributed by atoms with Crippen molar-refractivity contribution in [3.63, 3.8) is 0 Å². The van der Waals surface area contributed by atoms with Crippen LogP contribution in [0.15, 0.2) is 23.5 Å². The van der Waals surface area contributed by atoms with Crippen LogP contribution < -0.4 is 5.56 Å². The highest BCUT2D eigenvalue weighted by atomic mass is 16.6. The average molecular weight is 398 g/mol. The number of carbonyl (C=O) groups excluding carboxylic acids is 1. The summed E-state index contributed by atoms with van der Waals surface area (Å²) in [5.74, 6) is -0.771. The molecule has 152 valence electrons. The number of aryl methyl sites for hydroxylation is 1. The minimum atomic E-state index is -1.89. The quantitative estimate of drug-likeness (QED) is 0.732. The van der Waals surface area contributed by atoms with Gasteiger partial charge in [0.25, 0.3) is 5.56 Å². The van der Waals surface area contributed by atoms with Crippen LogP contribution in [0.3, 0.4) is 0 Å². The number of fused-ring (bicyclic) bond motifs is 4. The number of carbonyl (C=O) groups is 1. The molecule has 4 heterocycles. The monoisotopic (exact) mass is 398 g/mol. The van der Waals surface area contributed by atoms with Gasteiger partial charge in [0, 0.05) is 11.1 Å². The van der Waals surface area contributed by atoms with Crippen molar-refractivity contribution in [3.8, 4) is 11.4 Å². The van der Waals surface area contributed by atoms with Crippen molar-refractivity contribution in [1.29, 1.82) is 0 Å². The normalized spacial score (nSPS) is 21.9. The van der Waals surface area contributed by atoms with Gasteiger partial charge in [-0.15, -0.1) is 0 Å². The van der Waals surface area contributed by atoms with Gasteiger partial charge in [0.05, 0.1) is 35.9 Å². The fourth-order valence-electron chi connectivity index (χ4n) is 4.01. The van der Waals surface area contributed by atoms with Gasteiger partial charge in [0.15, 0.2) is 11.8 Å². The van der Waals surface area contributed by atoms with Crippen LogP contribution in [-0.2, 0) is 26.5 Å². The molecule has 0 radical (unpaired) electrons. The molecule has 2 aliphatic heterocycles. The fraction of sp³-hybridized carbons (Fsp3) is 0.381. The van der Waals surface area contributed by atoms with Gasteiger partial charge in [0.2, 0.25) is 0 Å². The number of ether oxygens (including phenoxy) is 2. The highest BCUT2D eigenvalue weighted by molar-refractivity contribution is 5.84. The number of aliphatic hydroxyl groups excluding tert-OH is 1. The summed E-state index contributed by atoms with van der Waals surface area (Å²) in [6.07, 6.45) is 0.915. The van der Waals surface area contributed by atoms with Gasteiger partial charge in [-0.3, -0.25) is 9.36 Å². The Hall–Kier alpha value is -2.81. The molecule has 0 spiro atoms. The summed E-state index contributed by atoms with van der Waals surface area (Å²) in [6, 6.07) is 3.50. The van der Waals surface area contributed by atoms with E-state index in [9.17, 15) is 19.8 Å².